The molecule has 0 unspecified atom stereocenters. The Morgan fingerprint density at radius 2 is 1.65 bits per heavy atom. The van der Waals surface area contributed by atoms with E-state index in [4.69, 9.17) is 0 Å². The number of hydrogen-bond donors (Lipinski definition) is 1. The van der Waals surface area contributed by atoms with Gasteiger partial charge in [-0.3, -0.25) is 9.69 Å². The fourth-order valence-electron chi connectivity index (χ4n) is 3.86. The van der Waals surface area contributed by atoms with E-state index in [9.17, 15) is 9.90 Å². The number of nitrogens with zero attached hydrogens (tertiary/aromatic N) is 1. The van der Waals surface area contributed by atoms with Gasteiger partial charge in [0.1, 0.15) is 0 Å². The molecule has 0 amide bonds. The van der Waals surface area contributed by atoms with Crippen LogP contribution in [0.4, 0.5) is 0 Å². The Bertz CT molecular complexity index is 514. The van der Waals surface area contributed by atoms with Crippen LogP contribution in [0.3, 0.4) is 0 Å². The fraction of sp³-hybridized carbons (Fsp3) is 0.611. The normalized spacial score (nSPS) is 26.5. The van der Waals surface area contributed by atoms with Gasteiger partial charge >= 0.3 is 0 Å². The number of carbonyl (C=O) groups excluding carboxylic acids is 1. The lowest BCUT2D eigenvalue weighted by Crippen LogP contribution is -2.49. The molecule has 1 aromatic carbocycles. The smallest absolute Gasteiger partial charge is 0.166 e. The number of hydrogen-bond acceptors (Lipinski definition) is 3. The topological polar surface area (TPSA) is 40.5 Å². The van der Waals surface area contributed by atoms with Crippen molar-refractivity contribution in [3.05, 3.63) is 34.3 Å². The molecule has 3 rings (SSSR count). The standard InChI is InChI=1S/C18H24BrNO2.ClH/c19-15-7-5-13(6-8-15)18(22)14-9-11-20(12-10-14)16-3-1-2-4-17(16)21;/h5-8,14,16-17,21H,1-4,9-12H2;1H/t16-,17-;/m1./s1. The summed E-state index contributed by atoms with van der Waals surface area (Å²) in [4.78, 5) is 15.0. The second-order valence-electron chi connectivity index (χ2n) is 6.60. The molecule has 1 aromatic rings. The van der Waals surface area contributed by atoms with Crippen LogP contribution in [0.1, 0.15) is 48.9 Å². The zero-order valence-electron chi connectivity index (χ0n) is 13.3. The number of carbonyl (C=O) groups is 1. The average Bonchev–Trinajstić information content (AvgIpc) is 2.56. The first-order chi connectivity index (χ1) is 10.6. The summed E-state index contributed by atoms with van der Waals surface area (Å²) in [5.41, 5.74) is 0.819. The molecule has 0 spiro atoms. The summed E-state index contributed by atoms with van der Waals surface area (Å²) < 4.78 is 1.00. The number of ketones is 1. The van der Waals surface area contributed by atoms with Gasteiger partial charge in [-0.05, 0) is 50.9 Å². The minimum atomic E-state index is -0.174. The Morgan fingerprint density at radius 3 is 2.26 bits per heavy atom. The van der Waals surface area contributed by atoms with Crippen molar-refractivity contribution in [2.75, 3.05) is 13.1 Å². The van der Waals surface area contributed by atoms with Crippen LogP contribution in [0.25, 0.3) is 0 Å². The van der Waals surface area contributed by atoms with Crippen LogP contribution < -0.4 is 0 Å². The van der Waals surface area contributed by atoms with Crippen molar-refractivity contribution in [2.24, 2.45) is 5.92 Å². The molecule has 3 nitrogen and oxygen atoms in total. The van der Waals surface area contributed by atoms with E-state index in [-0.39, 0.29) is 30.2 Å². The lowest BCUT2D eigenvalue weighted by atomic mass is 9.85. The summed E-state index contributed by atoms with van der Waals surface area (Å²) in [7, 11) is 0. The second kappa shape index (κ2) is 8.61. The summed E-state index contributed by atoms with van der Waals surface area (Å²) in [5.74, 6) is 0.412. The predicted molar refractivity (Wildman–Crippen MR) is 98.3 cm³/mol. The van der Waals surface area contributed by atoms with Gasteiger partial charge < -0.3 is 5.11 Å². The highest BCUT2D eigenvalue weighted by Gasteiger charge is 2.33. The van der Waals surface area contributed by atoms with E-state index >= 15 is 0 Å². The molecule has 1 aliphatic heterocycles. The van der Waals surface area contributed by atoms with Crippen molar-refractivity contribution >= 4 is 34.1 Å². The van der Waals surface area contributed by atoms with E-state index in [1.165, 1.54) is 6.42 Å². The van der Waals surface area contributed by atoms with Gasteiger partial charge in [0.2, 0.25) is 0 Å². The zero-order chi connectivity index (χ0) is 15.5. The molecule has 0 bridgehead atoms. The minimum Gasteiger partial charge on any atom is -0.391 e. The van der Waals surface area contributed by atoms with E-state index in [2.05, 4.69) is 20.8 Å². The third-order valence-electron chi connectivity index (χ3n) is 5.19. The molecule has 0 radical (unpaired) electrons. The number of likely N-dealkylation sites (tertiary alicyclic amines) is 1. The monoisotopic (exact) mass is 401 g/mol. The van der Waals surface area contributed by atoms with Gasteiger partial charge in [0.05, 0.1) is 6.10 Å². The first-order valence-electron chi connectivity index (χ1n) is 8.37. The van der Waals surface area contributed by atoms with E-state index in [0.29, 0.717) is 6.04 Å². The Balaban J connectivity index is 0.00000192. The van der Waals surface area contributed by atoms with Gasteiger partial charge in [-0.2, -0.15) is 0 Å². The van der Waals surface area contributed by atoms with E-state index in [1.807, 2.05) is 24.3 Å². The van der Waals surface area contributed by atoms with Crippen LogP contribution in [0, 0.1) is 5.92 Å². The van der Waals surface area contributed by atoms with Gasteiger partial charge in [-0.1, -0.05) is 40.9 Å². The number of Topliss-reactive ketones (excluding diaryl/α,β-unsaturated/α-hetero) is 1. The van der Waals surface area contributed by atoms with E-state index in [1.54, 1.807) is 0 Å². The van der Waals surface area contributed by atoms with Gasteiger partial charge in [0, 0.05) is 22.0 Å². The van der Waals surface area contributed by atoms with Gasteiger partial charge in [0.25, 0.3) is 0 Å². The van der Waals surface area contributed by atoms with Gasteiger partial charge in [-0.15, -0.1) is 12.4 Å². The Kier molecular flexibility index (Phi) is 7.08. The molecular formula is C18H25BrClNO2. The molecule has 5 heteroatoms. The minimum absolute atomic E-state index is 0. The molecule has 0 aromatic heterocycles. The maximum absolute atomic E-state index is 12.6. The molecule has 1 N–H and O–H groups in total. The number of rotatable bonds is 3. The molecule has 1 aliphatic carbocycles. The van der Waals surface area contributed by atoms with Crippen molar-refractivity contribution in [1.29, 1.82) is 0 Å². The lowest BCUT2D eigenvalue weighted by Gasteiger charge is -2.41. The molecule has 2 aliphatic rings. The zero-order valence-corrected chi connectivity index (χ0v) is 15.7. The highest BCUT2D eigenvalue weighted by Crippen LogP contribution is 2.29. The first-order valence-corrected chi connectivity index (χ1v) is 9.16. The van der Waals surface area contributed by atoms with Crippen LogP contribution >= 0.6 is 28.3 Å². The maximum atomic E-state index is 12.6. The predicted octanol–water partition coefficient (Wildman–Crippen LogP) is 4.07. The summed E-state index contributed by atoms with van der Waals surface area (Å²) >= 11 is 3.41. The van der Waals surface area contributed by atoms with E-state index < -0.39 is 0 Å². The van der Waals surface area contributed by atoms with Crippen LogP contribution in [-0.2, 0) is 0 Å². The van der Waals surface area contributed by atoms with Crippen molar-refractivity contribution in [1.82, 2.24) is 4.90 Å². The largest absolute Gasteiger partial charge is 0.391 e. The molecular weight excluding hydrogens is 378 g/mol. The van der Waals surface area contributed by atoms with Gasteiger partial charge in [0.15, 0.2) is 5.78 Å². The lowest BCUT2D eigenvalue weighted by molar-refractivity contribution is 0.00500. The van der Waals surface area contributed by atoms with Crippen molar-refractivity contribution in [3.63, 3.8) is 0 Å². The third-order valence-corrected chi connectivity index (χ3v) is 5.72. The van der Waals surface area contributed by atoms with Crippen LogP contribution in [0.15, 0.2) is 28.7 Å². The summed E-state index contributed by atoms with van der Waals surface area (Å²) in [6.07, 6.45) is 6.06. The van der Waals surface area contributed by atoms with Crippen LogP contribution in [0.2, 0.25) is 0 Å². The molecule has 128 valence electrons. The number of benzene rings is 1. The SMILES string of the molecule is Cl.O=C(c1ccc(Br)cc1)C1CCN([C@@H]2CCCC[C@H]2O)CC1. The number of halogens is 2. The highest BCUT2D eigenvalue weighted by atomic mass is 79.9. The molecule has 2 fully saturated rings. The van der Waals surface area contributed by atoms with Crippen molar-refractivity contribution in [3.8, 4) is 0 Å². The highest BCUT2D eigenvalue weighted by molar-refractivity contribution is 9.10. The van der Waals surface area contributed by atoms with Crippen molar-refractivity contribution in [2.45, 2.75) is 50.7 Å². The summed E-state index contributed by atoms with van der Waals surface area (Å²) in [6.45, 7) is 1.88. The first kappa shape index (κ1) is 18.9. The number of aliphatic hydroxyl groups excluding tert-OH is 1. The second-order valence-corrected chi connectivity index (χ2v) is 7.52. The summed E-state index contributed by atoms with van der Waals surface area (Å²) in [5, 5.41) is 10.2. The fourth-order valence-corrected chi connectivity index (χ4v) is 4.13. The quantitative estimate of drug-likeness (QED) is 0.775. The molecule has 2 atom stereocenters. The summed E-state index contributed by atoms with van der Waals surface area (Å²) in [6, 6.07) is 7.99. The number of aliphatic hydroxyl groups is 1. The average molecular weight is 403 g/mol. The van der Waals surface area contributed by atoms with Gasteiger partial charge in [-0.25, -0.2) is 0 Å². The molecule has 23 heavy (non-hydrogen) atoms. The maximum Gasteiger partial charge on any atom is 0.166 e. The Hall–Kier alpha value is -0.420. The third kappa shape index (κ3) is 4.56. The Morgan fingerprint density at radius 1 is 1.04 bits per heavy atom. The number of piperidine rings is 1. The van der Waals surface area contributed by atoms with Crippen molar-refractivity contribution < 1.29 is 9.90 Å². The molecule has 1 saturated heterocycles. The Labute approximate surface area is 153 Å². The van der Waals surface area contributed by atoms with Crippen LogP contribution in [-0.4, -0.2) is 41.0 Å². The molecule has 1 heterocycles. The molecule has 1 saturated carbocycles. The van der Waals surface area contributed by atoms with Crippen LogP contribution in [0.5, 0.6) is 0 Å². The van der Waals surface area contributed by atoms with E-state index in [0.717, 1.165) is 55.2 Å².